The van der Waals surface area contributed by atoms with E-state index >= 15 is 0 Å². The molecule has 36 heavy (non-hydrogen) atoms. The molecular formula is C32H32N2O2. The molecule has 2 aliphatic rings. The summed E-state index contributed by atoms with van der Waals surface area (Å²) >= 11 is 0. The zero-order chi connectivity index (χ0) is 24.7. The summed E-state index contributed by atoms with van der Waals surface area (Å²) in [5.41, 5.74) is 3.25. The molecular weight excluding hydrogens is 444 g/mol. The van der Waals surface area contributed by atoms with Gasteiger partial charge in [-0.15, -0.1) is 0 Å². The van der Waals surface area contributed by atoms with Gasteiger partial charge in [0.2, 0.25) is 0 Å². The summed E-state index contributed by atoms with van der Waals surface area (Å²) in [7, 11) is 0. The van der Waals surface area contributed by atoms with Crippen LogP contribution in [0.15, 0.2) is 60.7 Å². The molecule has 5 rings (SSSR count). The van der Waals surface area contributed by atoms with Crippen LogP contribution in [-0.2, 0) is 0 Å². The molecule has 2 saturated carbocycles. The Bertz CT molecular complexity index is 1150. The smallest absolute Gasteiger partial charge is 0.171 e. The number of ether oxygens (including phenoxy) is 2. The fourth-order valence-corrected chi connectivity index (χ4v) is 5.65. The molecule has 4 heteroatoms. The molecule has 0 saturated heterocycles. The summed E-state index contributed by atoms with van der Waals surface area (Å²) in [6.45, 7) is 0. The minimum atomic E-state index is 0.270. The molecule has 2 aliphatic carbocycles. The Balaban J connectivity index is 1.37. The van der Waals surface area contributed by atoms with Crippen molar-refractivity contribution in [2.75, 3.05) is 0 Å². The molecule has 4 nitrogen and oxygen atoms in total. The molecule has 2 fully saturated rings. The van der Waals surface area contributed by atoms with Crippen LogP contribution in [0.2, 0.25) is 0 Å². The average molecular weight is 477 g/mol. The van der Waals surface area contributed by atoms with E-state index in [1.54, 1.807) is 12.1 Å². The number of hydrogen-bond donors (Lipinski definition) is 0. The maximum absolute atomic E-state index is 9.56. The zero-order valence-corrected chi connectivity index (χ0v) is 20.7. The van der Waals surface area contributed by atoms with Gasteiger partial charge in [-0.2, -0.15) is 10.5 Å². The molecule has 0 radical (unpaired) electrons. The zero-order valence-electron chi connectivity index (χ0n) is 20.7. The van der Waals surface area contributed by atoms with Gasteiger partial charge in [0.15, 0.2) is 11.5 Å². The van der Waals surface area contributed by atoms with Gasteiger partial charge >= 0.3 is 0 Å². The predicted octanol–water partition coefficient (Wildman–Crippen LogP) is 9.11. The highest BCUT2D eigenvalue weighted by Gasteiger charge is 2.18. The van der Waals surface area contributed by atoms with Gasteiger partial charge in [0.25, 0.3) is 0 Å². The minimum absolute atomic E-state index is 0.270. The SMILES string of the molecule is N#Cc1cc(Oc2ccc(C3CCCCC3)cc2)c(Oc2ccc(C3CCCCC3)cc2)cc1C#N. The van der Waals surface area contributed by atoms with Crippen LogP contribution in [0.4, 0.5) is 0 Å². The topological polar surface area (TPSA) is 66.0 Å². The van der Waals surface area contributed by atoms with Crippen LogP contribution in [0.25, 0.3) is 0 Å². The van der Waals surface area contributed by atoms with E-state index in [2.05, 4.69) is 36.4 Å². The van der Waals surface area contributed by atoms with Crippen molar-refractivity contribution in [2.24, 2.45) is 0 Å². The van der Waals surface area contributed by atoms with Gasteiger partial charge in [-0.1, -0.05) is 62.8 Å². The first kappa shape index (κ1) is 24.0. The number of benzene rings is 3. The van der Waals surface area contributed by atoms with Crippen molar-refractivity contribution in [3.05, 3.63) is 82.9 Å². The van der Waals surface area contributed by atoms with Crippen LogP contribution in [0.3, 0.4) is 0 Å². The Morgan fingerprint density at radius 2 is 0.889 bits per heavy atom. The van der Waals surface area contributed by atoms with Crippen molar-refractivity contribution in [3.63, 3.8) is 0 Å². The molecule has 0 N–H and O–H groups in total. The Kier molecular flexibility index (Phi) is 7.53. The predicted molar refractivity (Wildman–Crippen MR) is 141 cm³/mol. The van der Waals surface area contributed by atoms with E-state index in [-0.39, 0.29) is 11.1 Å². The monoisotopic (exact) mass is 476 g/mol. The van der Waals surface area contributed by atoms with E-state index in [0.717, 1.165) is 0 Å². The fraction of sp³-hybridized carbons (Fsp3) is 0.375. The van der Waals surface area contributed by atoms with E-state index in [9.17, 15) is 10.5 Å². The summed E-state index contributed by atoms with van der Waals surface area (Å²) in [4.78, 5) is 0. The number of nitriles is 2. The summed E-state index contributed by atoms with van der Waals surface area (Å²) in [6.07, 6.45) is 12.9. The van der Waals surface area contributed by atoms with Crippen molar-refractivity contribution in [1.82, 2.24) is 0 Å². The molecule has 0 heterocycles. The lowest BCUT2D eigenvalue weighted by Gasteiger charge is -2.22. The van der Waals surface area contributed by atoms with E-state index in [0.29, 0.717) is 34.8 Å². The maximum Gasteiger partial charge on any atom is 0.171 e. The van der Waals surface area contributed by atoms with Crippen LogP contribution in [0.5, 0.6) is 23.0 Å². The van der Waals surface area contributed by atoms with Crippen molar-refractivity contribution >= 4 is 0 Å². The fourth-order valence-electron chi connectivity index (χ4n) is 5.65. The molecule has 0 atom stereocenters. The maximum atomic E-state index is 9.56. The minimum Gasteiger partial charge on any atom is -0.453 e. The Morgan fingerprint density at radius 1 is 0.528 bits per heavy atom. The van der Waals surface area contributed by atoms with E-state index in [1.165, 1.54) is 75.3 Å². The van der Waals surface area contributed by atoms with E-state index in [1.807, 2.05) is 24.3 Å². The van der Waals surface area contributed by atoms with Gasteiger partial charge in [0, 0.05) is 12.1 Å². The first-order valence-corrected chi connectivity index (χ1v) is 13.3. The lowest BCUT2D eigenvalue weighted by molar-refractivity contribution is 0.416. The second kappa shape index (κ2) is 11.3. The van der Waals surface area contributed by atoms with Crippen LogP contribution < -0.4 is 9.47 Å². The Morgan fingerprint density at radius 3 is 1.22 bits per heavy atom. The molecule has 0 spiro atoms. The van der Waals surface area contributed by atoms with E-state index < -0.39 is 0 Å². The quantitative estimate of drug-likeness (QED) is 0.356. The molecule has 0 bridgehead atoms. The van der Waals surface area contributed by atoms with Gasteiger partial charge in [-0.3, -0.25) is 0 Å². The first-order chi connectivity index (χ1) is 17.7. The van der Waals surface area contributed by atoms with Crippen LogP contribution in [0, 0.1) is 22.7 Å². The van der Waals surface area contributed by atoms with Crippen molar-refractivity contribution in [2.45, 2.75) is 76.0 Å². The largest absolute Gasteiger partial charge is 0.453 e. The van der Waals surface area contributed by atoms with Gasteiger partial charge in [0.05, 0.1) is 11.1 Å². The van der Waals surface area contributed by atoms with Crippen molar-refractivity contribution in [1.29, 1.82) is 10.5 Å². The van der Waals surface area contributed by atoms with Crippen molar-refractivity contribution < 1.29 is 9.47 Å². The molecule has 0 aliphatic heterocycles. The molecule has 0 unspecified atom stereocenters. The van der Waals surface area contributed by atoms with Crippen LogP contribution >= 0.6 is 0 Å². The molecule has 3 aromatic rings. The van der Waals surface area contributed by atoms with Crippen molar-refractivity contribution in [3.8, 4) is 35.1 Å². The third kappa shape index (κ3) is 5.55. The lowest BCUT2D eigenvalue weighted by Crippen LogP contribution is -2.04. The van der Waals surface area contributed by atoms with Gasteiger partial charge in [0.1, 0.15) is 23.6 Å². The summed E-state index contributed by atoms with van der Waals surface area (Å²) in [5, 5.41) is 19.1. The highest BCUT2D eigenvalue weighted by Crippen LogP contribution is 2.39. The van der Waals surface area contributed by atoms with Crippen LogP contribution in [-0.4, -0.2) is 0 Å². The summed E-state index contributed by atoms with van der Waals surface area (Å²) < 4.78 is 12.4. The van der Waals surface area contributed by atoms with Gasteiger partial charge < -0.3 is 9.47 Å². The van der Waals surface area contributed by atoms with E-state index in [4.69, 9.17) is 9.47 Å². The first-order valence-electron chi connectivity index (χ1n) is 13.3. The molecule has 0 amide bonds. The third-order valence-electron chi connectivity index (χ3n) is 7.69. The number of rotatable bonds is 6. The molecule has 182 valence electrons. The Hall–Kier alpha value is -3.76. The highest BCUT2D eigenvalue weighted by atomic mass is 16.5. The van der Waals surface area contributed by atoms with Crippen LogP contribution in [0.1, 0.15) is 98.3 Å². The second-order valence-electron chi connectivity index (χ2n) is 10.1. The third-order valence-corrected chi connectivity index (χ3v) is 7.69. The Labute approximate surface area is 214 Å². The normalized spacial score (nSPS) is 16.6. The van der Waals surface area contributed by atoms with Gasteiger partial charge in [-0.05, 0) is 72.9 Å². The highest BCUT2D eigenvalue weighted by molar-refractivity contribution is 5.58. The van der Waals surface area contributed by atoms with Gasteiger partial charge in [-0.25, -0.2) is 0 Å². The number of hydrogen-bond acceptors (Lipinski definition) is 4. The second-order valence-corrected chi connectivity index (χ2v) is 10.1. The summed E-state index contributed by atoms with van der Waals surface area (Å²) in [5.74, 6) is 3.47. The lowest BCUT2D eigenvalue weighted by atomic mass is 9.84. The molecule has 0 aromatic heterocycles. The molecule has 3 aromatic carbocycles. The standard InChI is InChI=1S/C32H32N2O2/c33-21-27-19-31(35-29-15-11-25(12-16-29)23-7-3-1-4-8-23)32(20-28(27)22-34)36-30-17-13-26(14-18-30)24-9-5-2-6-10-24/h11-20,23-24H,1-10H2. The average Bonchev–Trinajstić information content (AvgIpc) is 2.95. The number of nitrogens with zero attached hydrogens (tertiary/aromatic N) is 2. The summed E-state index contributed by atoms with van der Waals surface area (Å²) in [6, 6.07) is 23.9.